The van der Waals surface area contributed by atoms with Crippen LogP contribution in [0.2, 0.25) is 0 Å². The number of amides is 1. The molecule has 3 aromatic rings. The minimum Gasteiger partial charge on any atom is -0.341 e. The Kier molecular flexibility index (Phi) is 6.09. The first-order chi connectivity index (χ1) is 14.2. The van der Waals surface area contributed by atoms with Gasteiger partial charge in [0.2, 0.25) is 11.9 Å². The molecule has 3 rings (SSSR count). The molecule has 1 N–H and O–H groups in total. The van der Waals surface area contributed by atoms with Crippen molar-refractivity contribution in [2.45, 2.75) is 32.7 Å². The van der Waals surface area contributed by atoms with Crippen molar-refractivity contribution in [2.24, 2.45) is 0 Å². The summed E-state index contributed by atoms with van der Waals surface area (Å²) < 4.78 is 42.1. The fraction of sp³-hybridized carbons (Fsp3) is 0.286. The maximum absolute atomic E-state index is 14.3. The third kappa shape index (κ3) is 4.45. The largest absolute Gasteiger partial charge is 0.341 e. The van der Waals surface area contributed by atoms with E-state index in [2.05, 4.69) is 10.4 Å². The molecule has 9 heteroatoms. The summed E-state index contributed by atoms with van der Waals surface area (Å²) in [5.74, 6) is -2.84. The summed E-state index contributed by atoms with van der Waals surface area (Å²) in [5, 5.41) is -0.428. The van der Waals surface area contributed by atoms with Crippen LogP contribution in [-0.2, 0) is 11.2 Å². The van der Waals surface area contributed by atoms with Crippen LogP contribution in [-0.4, -0.2) is 28.7 Å². The molecule has 0 saturated heterocycles. The number of anilines is 1. The minimum atomic E-state index is -1.07. The van der Waals surface area contributed by atoms with Gasteiger partial charge in [0.15, 0.2) is 0 Å². The van der Waals surface area contributed by atoms with E-state index < -0.39 is 34.3 Å². The highest BCUT2D eigenvalue weighted by Gasteiger charge is 2.21. The Morgan fingerprint density at radius 3 is 2.57 bits per heavy atom. The van der Waals surface area contributed by atoms with Gasteiger partial charge < -0.3 is 4.90 Å². The number of hydrogen-bond acceptors (Lipinski definition) is 4. The van der Waals surface area contributed by atoms with Crippen LogP contribution in [0.3, 0.4) is 0 Å². The lowest BCUT2D eigenvalue weighted by atomic mass is 10.1. The third-order valence-corrected chi connectivity index (χ3v) is 4.73. The lowest BCUT2D eigenvalue weighted by Crippen LogP contribution is -2.40. The average molecular weight is 418 g/mol. The second kappa shape index (κ2) is 8.56. The standard InChI is InChI=1S/C21H21F3N4O2/c1-12(2)27(3)21-25-17-11-15(23)10-16(24)19(17)20(30)28(21)26-18(29)8-7-13-5-4-6-14(22)9-13/h4-6,9-12H,7-8H2,1-3H3,(H,26,29). The van der Waals surface area contributed by atoms with E-state index in [0.29, 0.717) is 11.6 Å². The summed E-state index contributed by atoms with van der Waals surface area (Å²) in [6.45, 7) is 3.66. The number of nitrogens with one attached hydrogen (secondary N) is 1. The van der Waals surface area contributed by atoms with E-state index in [1.807, 2.05) is 13.8 Å². The molecule has 1 amide bonds. The number of fused-ring (bicyclic) bond motifs is 1. The van der Waals surface area contributed by atoms with E-state index in [1.54, 1.807) is 18.0 Å². The zero-order valence-corrected chi connectivity index (χ0v) is 16.7. The highest BCUT2D eigenvalue weighted by atomic mass is 19.1. The molecule has 158 valence electrons. The maximum Gasteiger partial charge on any atom is 0.284 e. The zero-order chi connectivity index (χ0) is 22.0. The van der Waals surface area contributed by atoms with Gasteiger partial charge in [-0.15, -0.1) is 0 Å². The number of carbonyl (C=O) groups is 1. The molecule has 6 nitrogen and oxygen atoms in total. The van der Waals surface area contributed by atoms with Crippen molar-refractivity contribution in [3.05, 3.63) is 69.8 Å². The van der Waals surface area contributed by atoms with E-state index in [4.69, 9.17) is 0 Å². The first-order valence-corrected chi connectivity index (χ1v) is 9.36. The van der Waals surface area contributed by atoms with E-state index in [1.165, 1.54) is 18.2 Å². The summed E-state index contributed by atoms with van der Waals surface area (Å²) >= 11 is 0. The first-order valence-electron chi connectivity index (χ1n) is 9.36. The molecule has 0 radical (unpaired) electrons. The lowest BCUT2D eigenvalue weighted by molar-refractivity contribution is -0.117. The molecule has 2 aromatic carbocycles. The van der Waals surface area contributed by atoms with Crippen molar-refractivity contribution in [1.29, 1.82) is 0 Å². The smallest absolute Gasteiger partial charge is 0.284 e. The Labute approximate surface area is 170 Å². The van der Waals surface area contributed by atoms with Crippen LogP contribution in [0, 0.1) is 17.5 Å². The molecule has 1 aromatic heterocycles. The molecule has 0 bridgehead atoms. The number of nitrogens with zero attached hydrogens (tertiary/aromatic N) is 3. The third-order valence-electron chi connectivity index (χ3n) is 4.73. The molecule has 0 unspecified atom stereocenters. The van der Waals surface area contributed by atoms with Crippen molar-refractivity contribution in [2.75, 3.05) is 17.4 Å². The van der Waals surface area contributed by atoms with E-state index >= 15 is 0 Å². The number of halogens is 3. The van der Waals surface area contributed by atoms with Gasteiger partial charge in [0.1, 0.15) is 22.8 Å². The van der Waals surface area contributed by atoms with Crippen molar-refractivity contribution >= 4 is 22.8 Å². The number of hydrogen-bond donors (Lipinski definition) is 1. The summed E-state index contributed by atoms with van der Waals surface area (Å²) in [5.41, 5.74) is 2.05. The predicted octanol–water partition coefficient (Wildman–Crippen LogP) is 3.36. The summed E-state index contributed by atoms with van der Waals surface area (Å²) in [4.78, 5) is 31.2. The fourth-order valence-corrected chi connectivity index (χ4v) is 2.92. The first kappa shape index (κ1) is 21.4. The Bertz CT molecular complexity index is 1160. The quantitative estimate of drug-likeness (QED) is 0.667. The van der Waals surface area contributed by atoms with Crippen LogP contribution in [0.4, 0.5) is 19.1 Å². The number of aryl methyl sites for hydroxylation is 1. The van der Waals surface area contributed by atoms with E-state index in [9.17, 15) is 22.8 Å². The maximum atomic E-state index is 14.3. The molecule has 0 saturated carbocycles. The summed E-state index contributed by atoms with van der Waals surface area (Å²) in [6.07, 6.45) is 0.207. The normalized spacial score (nSPS) is 11.2. The SMILES string of the molecule is CC(C)N(C)c1nc2cc(F)cc(F)c2c(=O)n1NC(=O)CCc1cccc(F)c1. The van der Waals surface area contributed by atoms with E-state index in [-0.39, 0.29) is 30.3 Å². The van der Waals surface area contributed by atoms with Crippen LogP contribution in [0.5, 0.6) is 0 Å². The molecule has 0 aliphatic carbocycles. The fourth-order valence-electron chi connectivity index (χ4n) is 2.92. The molecule has 0 atom stereocenters. The molecule has 0 aliphatic rings. The Morgan fingerprint density at radius 2 is 1.90 bits per heavy atom. The van der Waals surface area contributed by atoms with Crippen molar-refractivity contribution < 1.29 is 18.0 Å². The van der Waals surface area contributed by atoms with Crippen molar-refractivity contribution in [1.82, 2.24) is 9.66 Å². The van der Waals surface area contributed by atoms with Crippen LogP contribution < -0.4 is 15.9 Å². The second-order valence-electron chi connectivity index (χ2n) is 7.20. The number of carbonyl (C=O) groups excluding carboxylic acids is 1. The average Bonchev–Trinajstić information content (AvgIpc) is 2.67. The van der Waals surface area contributed by atoms with Gasteiger partial charge in [-0.1, -0.05) is 12.1 Å². The Hall–Kier alpha value is -3.36. The molecule has 0 aliphatic heterocycles. The highest BCUT2D eigenvalue weighted by Crippen LogP contribution is 2.19. The van der Waals surface area contributed by atoms with Gasteiger partial charge in [0.05, 0.1) is 5.52 Å². The molecule has 0 spiro atoms. The van der Waals surface area contributed by atoms with E-state index in [0.717, 1.165) is 10.7 Å². The minimum absolute atomic E-state index is 0.0339. The molecule has 0 fully saturated rings. The van der Waals surface area contributed by atoms with Gasteiger partial charge in [-0.3, -0.25) is 15.0 Å². The number of aromatic nitrogens is 2. The van der Waals surface area contributed by atoms with Crippen LogP contribution in [0.15, 0.2) is 41.2 Å². The number of benzene rings is 2. The van der Waals surface area contributed by atoms with Crippen LogP contribution >= 0.6 is 0 Å². The number of rotatable bonds is 6. The van der Waals surface area contributed by atoms with Gasteiger partial charge in [-0.05, 0) is 38.0 Å². The van der Waals surface area contributed by atoms with Crippen LogP contribution in [0.25, 0.3) is 10.9 Å². The molecule has 1 heterocycles. The Morgan fingerprint density at radius 1 is 1.17 bits per heavy atom. The molecular formula is C21H21F3N4O2. The predicted molar refractivity (Wildman–Crippen MR) is 109 cm³/mol. The lowest BCUT2D eigenvalue weighted by Gasteiger charge is -2.26. The molecular weight excluding hydrogens is 397 g/mol. The van der Waals surface area contributed by atoms with Crippen LogP contribution in [0.1, 0.15) is 25.8 Å². The molecule has 30 heavy (non-hydrogen) atoms. The zero-order valence-electron chi connectivity index (χ0n) is 16.7. The van der Waals surface area contributed by atoms with Gasteiger partial charge in [-0.2, -0.15) is 4.68 Å². The van der Waals surface area contributed by atoms with Crippen molar-refractivity contribution in [3.63, 3.8) is 0 Å². The monoisotopic (exact) mass is 418 g/mol. The van der Waals surface area contributed by atoms with Gasteiger partial charge in [0.25, 0.3) is 5.56 Å². The highest BCUT2D eigenvalue weighted by molar-refractivity contribution is 5.86. The summed E-state index contributed by atoms with van der Waals surface area (Å²) in [7, 11) is 1.64. The van der Waals surface area contributed by atoms with Gasteiger partial charge >= 0.3 is 0 Å². The summed E-state index contributed by atoms with van der Waals surface area (Å²) in [6, 6.07) is 7.28. The Balaban J connectivity index is 1.98. The topological polar surface area (TPSA) is 67.2 Å². The second-order valence-corrected chi connectivity index (χ2v) is 7.20. The van der Waals surface area contributed by atoms with Gasteiger partial charge in [0, 0.05) is 31.6 Å². The van der Waals surface area contributed by atoms with Crippen molar-refractivity contribution in [3.8, 4) is 0 Å². The van der Waals surface area contributed by atoms with Gasteiger partial charge in [-0.25, -0.2) is 18.2 Å².